The Hall–Kier alpha value is -1.26. The summed E-state index contributed by atoms with van der Waals surface area (Å²) >= 11 is 0. The zero-order chi connectivity index (χ0) is 19.1. The standard InChI is InChI=1S/C23H37N3O2/c27-21(26-8-6-19-3-1-2-4-20(19)15-26)5-7-24-22(28)25-23-12-16-9-17(13-23)11-18(10-16)14-23/h16-20H,1-15H2,(H2,24,25,28). The lowest BCUT2D eigenvalue weighted by Crippen LogP contribution is -2.61. The van der Waals surface area contributed by atoms with Crippen LogP contribution in [0.25, 0.3) is 0 Å². The van der Waals surface area contributed by atoms with Gasteiger partial charge >= 0.3 is 6.03 Å². The molecule has 1 aliphatic heterocycles. The molecule has 156 valence electrons. The molecule has 0 spiro atoms. The molecule has 2 atom stereocenters. The van der Waals surface area contributed by atoms with Gasteiger partial charge < -0.3 is 15.5 Å². The van der Waals surface area contributed by atoms with Crippen LogP contribution in [0.3, 0.4) is 0 Å². The Balaban J connectivity index is 1.06. The molecule has 5 nitrogen and oxygen atoms in total. The molecule has 0 aromatic carbocycles. The summed E-state index contributed by atoms with van der Waals surface area (Å²) in [5.41, 5.74) is 0.0473. The first-order valence-electron chi connectivity index (χ1n) is 11.9. The van der Waals surface area contributed by atoms with Crippen LogP contribution in [0, 0.1) is 29.6 Å². The summed E-state index contributed by atoms with van der Waals surface area (Å²) < 4.78 is 0. The Morgan fingerprint density at radius 2 is 1.54 bits per heavy atom. The maximum atomic E-state index is 12.6. The smallest absolute Gasteiger partial charge is 0.315 e. The number of likely N-dealkylation sites (tertiary alicyclic amines) is 1. The van der Waals surface area contributed by atoms with E-state index in [-0.39, 0.29) is 17.5 Å². The normalized spacial score (nSPS) is 41.4. The lowest BCUT2D eigenvalue weighted by atomic mass is 9.53. The van der Waals surface area contributed by atoms with Gasteiger partial charge in [-0.05, 0) is 81.0 Å². The van der Waals surface area contributed by atoms with Crippen LogP contribution in [0.4, 0.5) is 4.79 Å². The molecule has 4 bridgehead atoms. The monoisotopic (exact) mass is 387 g/mol. The third-order valence-corrected chi connectivity index (χ3v) is 8.69. The van der Waals surface area contributed by atoms with Crippen molar-refractivity contribution in [2.24, 2.45) is 29.6 Å². The third-order valence-electron chi connectivity index (χ3n) is 8.69. The number of fused-ring (bicyclic) bond motifs is 1. The molecule has 5 heteroatoms. The Morgan fingerprint density at radius 3 is 2.21 bits per heavy atom. The first-order chi connectivity index (χ1) is 13.6. The summed E-state index contributed by atoms with van der Waals surface area (Å²) in [6.07, 6.45) is 14.6. The molecule has 2 N–H and O–H groups in total. The minimum atomic E-state index is -0.0549. The number of urea groups is 1. The van der Waals surface area contributed by atoms with Crippen LogP contribution in [0.2, 0.25) is 0 Å². The van der Waals surface area contributed by atoms with Crippen LogP contribution < -0.4 is 10.6 Å². The summed E-state index contributed by atoms with van der Waals surface area (Å²) in [5.74, 6) is 4.28. The van der Waals surface area contributed by atoms with Gasteiger partial charge in [0.25, 0.3) is 0 Å². The Kier molecular flexibility index (Phi) is 5.04. The van der Waals surface area contributed by atoms with Crippen molar-refractivity contribution in [3.05, 3.63) is 0 Å². The van der Waals surface area contributed by atoms with Gasteiger partial charge in [0.05, 0.1) is 0 Å². The fraction of sp³-hybridized carbons (Fsp3) is 0.913. The number of hydrogen-bond donors (Lipinski definition) is 2. The van der Waals surface area contributed by atoms with E-state index in [0.717, 1.165) is 42.7 Å². The van der Waals surface area contributed by atoms with E-state index in [1.54, 1.807) is 0 Å². The minimum Gasteiger partial charge on any atom is -0.342 e. The molecular formula is C23H37N3O2. The maximum Gasteiger partial charge on any atom is 0.315 e. The zero-order valence-corrected chi connectivity index (χ0v) is 17.3. The minimum absolute atomic E-state index is 0.0473. The average molecular weight is 388 g/mol. The van der Waals surface area contributed by atoms with E-state index >= 15 is 0 Å². The highest BCUT2D eigenvalue weighted by atomic mass is 16.2. The quantitative estimate of drug-likeness (QED) is 0.773. The molecule has 28 heavy (non-hydrogen) atoms. The van der Waals surface area contributed by atoms with Crippen molar-refractivity contribution in [2.45, 2.75) is 82.6 Å². The topological polar surface area (TPSA) is 61.4 Å². The molecule has 1 saturated heterocycles. The van der Waals surface area contributed by atoms with Crippen LogP contribution in [0.15, 0.2) is 0 Å². The summed E-state index contributed by atoms with van der Waals surface area (Å²) in [6.45, 7) is 2.32. The summed E-state index contributed by atoms with van der Waals surface area (Å²) in [6, 6.07) is -0.0549. The van der Waals surface area contributed by atoms with Gasteiger partial charge in [-0.2, -0.15) is 0 Å². The zero-order valence-electron chi connectivity index (χ0n) is 17.3. The van der Waals surface area contributed by atoms with Gasteiger partial charge in [-0.25, -0.2) is 4.79 Å². The Bertz CT molecular complexity index is 584. The van der Waals surface area contributed by atoms with E-state index in [1.807, 2.05) is 0 Å². The lowest BCUT2D eigenvalue weighted by molar-refractivity contribution is -0.134. The van der Waals surface area contributed by atoms with E-state index in [1.165, 1.54) is 70.6 Å². The predicted octanol–water partition coefficient (Wildman–Crippen LogP) is 3.68. The summed E-state index contributed by atoms with van der Waals surface area (Å²) in [4.78, 5) is 27.2. The second-order valence-corrected chi connectivity index (χ2v) is 10.8. The van der Waals surface area contributed by atoms with Crippen LogP contribution in [0.5, 0.6) is 0 Å². The van der Waals surface area contributed by atoms with Crippen LogP contribution >= 0.6 is 0 Å². The first-order valence-corrected chi connectivity index (χ1v) is 11.9. The van der Waals surface area contributed by atoms with Gasteiger partial charge in [-0.15, -0.1) is 0 Å². The van der Waals surface area contributed by atoms with Gasteiger partial charge in [-0.1, -0.05) is 19.3 Å². The molecule has 6 rings (SSSR count). The van der Waals surface area contributed by atoms with Crippen LogP contribution in [0.1, 0.15) is 77.0 Å². The molecule has 3 amide bonds. The number of rotatable bonds is 4. The van der Waals surface area contributed by atoms with Gasteiger partial charge in [0, 0.05) is 31.6 Å². The van der Waals surface area contributed by atoms with E-state index in [4.69, 9.17) is 0 Å². The Labute approximate surface area is 169 Å². The van der Waals surface area contributed by atoms with E-state index in [9.17, 15) is 9.59 Å². The molecule has 5 saturated carbocycles. The molecule has 5 aliphatic carbocycles. The van der Waals surface area contributed by atoms with Crippen molar-refractivity contribution in [1.82, 2.24) is 15.5 Å². The molecule has 0 radical (unpaired) electrons. The van der Waals surface area contributed by atoms with Gasteiger partial charge in [0.15, 0.2) is 0 Å². The first kappa shape index (κ1) is 18.7. The molecule has 0 aromatic heterocycles. The van der Waals surface area contributed by atoms with E-state index < -0.39 is 0 Å². The third kappa shape index (κ3) is 3.78. The average Bonchev–Trinajstić information content (AvgIpc) is 2.66. The number of carbonyl (C=O) groups excluding carboxylic acids is 2. The fourth-order valence-electron chi connectivity index (χ4n) is 7.82. The van der Waals surface area contributed by atoms with Crippen molar-refractivity contribution >= 4 is 11.9 Å². The highest BCUT2D eigenvalue weighted by Crippen LogP contribution is 2.55. The fourth-order valence-corrected chi connectivity index (χ4v) is 7.82. The van der Waals surface area contributed by atoms with Crippen molar-refractivity contribution in [3.63, 3.8) is 0 Å². The second kappa shape index (κ2) is 7.53. The predicted molar refractivity (Wildman–Crippen MR) is 109 cm³/mol. The number of piperidine rings is 1. The number of nitrogens with one attached hydrogen (secondary N) is 2. The van der Waals surface area contributed by atoms with Crippen molar-refractivity contribution in [2.75, 3.05) is 19.6 Å². The van der Waals surface area contributed by atoms with Gasteiger partial charge in [0.1, 0.15) is 0 Å². The maximum absolute atomic E-state index is 12.6. The molecule has 0 aromatic rings. The molecular weight excluding hydrogens is 350 g/mol. The molecule has 1 heterocycles. The summed E-state index contributed by atoms with van der Waals surface area (Å²) in [5, 5.41) is 6.33. The highest BCUT2D eigenvalue weighted by molar-refractivity contribution is 5.78. The van der Waals surface area contributed by atoms with Gasteiger partial charge in [0.2, 0.25) is 5.91 Å². The largest absolute Gasteiger partial charge is 0.342 e. The number of hydrogen-bond acceptors (Lipinski definition) is 2. The number of amides is 3. The van der Waals surface area contributed by atoms with Crippen molar-refractivity contribution < 1.29 is 9.59 Å². The Morgan fingerprint density at radius 1 is 0.893 bits per heavy atom. The van der Waals surface area contributed by atoms with E-state index in [0.29, 0.717) is 13.0 Å². The summed E-state index contributed by atoms with van der Waals surface area (Å²) in [7, 11) is 0. The lowest BCUT2D eigenvalue weighted by Gasteiger charge is -2.56. The van der Waals surface area contributed by atoms with Crippen molar-refractivity contribution in [3.8, 4) is 0 Å². The van der Waals surface area contributed by atoms with E-state index in [2.05, 4.69) is 15.5 Å². The SMILES string of the molecule is O=C(NCCC(=O)N1CCC2CCCCC2C1)NC12CC3CC(CC(C3)C1)C2. The molecule has 6 fully saturated rings. The number of carbonyl (C=O) groups is 2. The van der Waals surface area contributed by atoms with Gasteiger partial charge in [-0.3, -0.25) is 4.79 Å². The van der Waals surface area contributed by atoms with Crippen LogP contribution in [-0.4, -0.2) is 42.0 Å². The molecule has 2 unspecified atom stereocenters. The van der Waals surface area contributed by atoms with Crippen LogP contribution in [-0.2, 0) is 4.79 Å². The second-order valence-electron chi connectivity index (χ2n) is 10.8. The number of nitrogens with zero attached hydrogens (tertiary/aromatic N) is 1. The molecule has 6 aliphatic rings. The van der Waals surface area contributed by atoms with Crippen molar-refractivity contribution in [1.29, 1.82) is 0 Å². The highest BCUT2D eigenvalue weighted by Gasteiger charge is 2.51.